The number of pyridine rings is 1. The van der Waals surface area contributed by atoms with Crippen LogP contribution in [0.1, 0.15) is 18.1 Å². The van der Waals surface area contributed by atoms with Gasteiger partial charge in [-0.2, -0.15) is 13.2 Å². The molecule has 0 spiro atoms. The van der Waals surface area contributed by atoms with Crippen molar-refractivity contribution in [2.45, 2.75) is 19.5 Å². The molecule has 2 heterocycles. The highest BCUT2D eigenvalue weighted by Crippen LogP contribution is 2.35. The van der Waals surface area contributed by atoms with Crippen LogP contribution in [0.5, 0.6) is 5.88 Å². The van der Waals surface area contributed by atoms with Crippen LogP contribution in [0.2, 0.25) is 0 Å². The molecule has 170 valence electrons. The Bertz CT molecular complexity index is 1280. The van der Waals surface area contributed by atoms with E-state index in [4.69, 9.17) is 4.74 Å². The van der Waals surface area contributed by atoms with Crippen LogP contribution < -0.4 is 10.1 Å². The third-order valence-electron chi connectivity index (χ3n) is 5.49. The molecule has 1 atom stereocenters. The first kappa shape index (κ1) is 22.4. The average Bonchev–Trinajstić information content (AvgIpc) is 3.26. The molecule has 33 heavy (non-hydrogen) atoms. The van der Waals surface area contributed by atoms with Crippen molar-refractivity contribution >= 4 is 22.5 Å². The number of fused-ring (bicyclic) bond motifs is 1. The van der Waals surface area contributed by atoms with Crippen LogP contribution >= 0.6 is 0 Å². The fourth-order valence-corrected chi connectivity index (χ4v) is 3.68. The van der Waals surface area contributed by atoms with E-state index in [0.29, 0.717) is 28.3 Å². The van der Waals surface area contributed by atoms with E-state index < -0.39 is 17.7 Å². The van der Waals surface area contributed by atoms with Crippen LogP contribution in [0.15, 0.2) is 67.0 Å². The van der Waals surface area contributed by atoms with Gasteiger partial charge in [-0.15, -0.1) is 0 Å². The molecule has 4 aromatic rings. The Morgan fingerprint density at radius 1 is 1.12 bits per heavy atom. The minimum Gasteiger partial charge on any atom is -0.481 e. The molecule has 1 unspecified atom stereocenters. The van der Waals surface area contributed by atoms with Crippen molar-refractivity contribution in [1.82, 2.24) is 9.97 Å². The van der Waals surface area contributed by atoms with Crippen LogP contribution in [-0.4, -0.2) is 23.0 Å². The summed E-state index contributed by atoms with van der Waals surface area (Å²) < 4.78 is 45.1. The van der Waals surface area contributed by atoms with Crippen molar-refractivity contribution in [3.8, 4) is 17.0 Å². The zero-order valence-corrected chi connectivity index (χ0v) is 18.0. The van der Waals surface area contributed by atoms with Crippen molar-refractivity contribution in [1.29, 1.82) is 0 Å². The second-order valence-electron chi connectivity index (χ2n) is 7.83. The summed E-state index contributed by atoms with van der Waals surface area (Å²) in [4.78, 5) is 20.0. The molecule has 1 amide bonds. The van der Waals surface area contributed by atoms with Crippen molar-refractivity contribution in [3.05, 3.63) is 78.1 Å². The van der Waals surface area contributed by atoms with Gasteiger partial charge in [0.2, 0.25) is 11.8 Å². The van der Waals surface area contributed by atoms with Gasteiger partial charge in [0, 0.05) is 46.5 Å². The number of amides is 1. The Morgan fingerprint density at radius 2 is 1.94 bits per heavy atom. The highest BCUT2D eigenvalue weighted by molar-refractivity contribution is 5.95. The van der Waals surface area contributed by atoms with Crippen molar-refractivity contribution in [3.63, 3.8) is 0 Å². The second-order valence-corrected chi connectivity index (χ2v) is 7.83. The fraction of sp³-hybridized carbons (Fsp3) is 0.200. The van der Waals surface area contributed by atoms with E-state index in [1.807, 2.05) is 24.4 Å². The van der Waals surface area contributed by atoms with Crippen LogP contribution in [0.25, 0.3) is 22.0 Å². The van der Waals surface area contributed by atoms with E-state index in [-0.39, 0.29) is 12.3 Å². The largest absolute Gasteiger partial charge is 0.481 e. The summed E-state index contributed by atoms with van der Waals surface area (Å²) in [5.41, 5.74) is 2.39. The first-order chi connectivity index (χ1) is 15.7. The molecule has 0 bridgehead atoms. The maximum atomic E-state index is 13.4. The standard InChI is InChI=1S/C25H22F3N3O2/c1-15(24(32)31-20-6-7-22-17(12-20)9-10-29-22)11-16-3-5-19(25(26,27)28)13-21(16)18-4-8-23(33-2)30-14-18/h3-10,12-15,29H,11H2,1-2H3,(H,31,32). The predicted octanol–water partition coefficient (Wildman–Crippen LogP) is 6.07. The Labute approximate surface area is 188 Å². The van der Waals surface area contributed by atoms with Gasteiger partial charge in [0.25, 0.3) is 0 Å². The third-order valence-corrected chi connectivity index (χ3v) is 5.49. The number of nitrogens with zero attached hydrogens (tertiary/aromatic N) is 1. The predicted molar refractivity (Wildman–Crippen MR) is 121 cm³/mol. The quantitative estimate of drug-likeness (QED) is 0.372. The first-order valence-corrected chi connectivity index (χ1v) is 10.3. The summed E-state index contributed by atoms with van der Waals surface area (Å²) in [5.74, 6) is -0.336. The molecule has 0 radical (unpaired) electrons. The van der Waals surface area contributed by atoms with Gasteiger partial charge in [0.05, 0.1) is 12.7 Å². The summed E-state index contributed by atoms with van der Waals surface area (Å²) in [5, 5.41) is 3.86. The van der Waals surface area contributed by atoms with E-state index in [1.54, 1.807) is 25.1 Å². The summed E-state index contributed by atoms with van der Waals surface area (Å²) in [7, 11) is 1.46. The lowest BCUT2D eigenvalue weighted by Gasteiger charge is -2.17. The monoisotopic (exact) mass is 453 g/mol. The second kappa shape index (κ2) is 8.97. The van der Waals surface area contributed by atoms with Crippen molar-refractivity contribution < 1.29 is 22.7 Å². The number of ether oxygens (including phenoxy) is 1. The van der Waals surface area contributed by atoms with Gasteiger partial charge in [-0.25, -0.2) is 4.98 Å². The van der Waals surface area contributed by atoms with E-state index in [9.17, 15) is 18.0 Å². The Morgan fingerprint density at radius 3 is 2.64 bits per heavy atom. The van der Waals surface area contributed by atoms with Gasteiger partial charge in [0.15, 0.2) is 0 Å². The Kier molecular flexibility index (Phi) is 6.09. The number of halogens is 3. The molecule has 4 rings (SSSR count). The molecule has 8 heteroatoms. The smallest absolute Gasteiger partial charge is 0.416 e. The van der Waals surface area contributed by atoms with Crippen LogP contribution in [-0.2, 0) is 17.4 Å². The summed E-state index contributed by atoms with van der Waals surface area (Å²) in [6.45, 7) is 1.75. The molecule has 0 aliphatic rings. The molecule has 0 fully saturated rings. The zero-order chi connectivity index (χ0) is 23.6. The number of benzene rings is 2. The normalized spacial score (nSPS) is 12.5. The van der Waals surface area contributed by atoms with E-state index in [0.717, 1.165) is 23.0 Å². The molecule has 5 nitrogen and oxygen atoms in total. The molecule has 2 aromatic heterocycles. The van der Waals surface area contributed by atoms with Gasteiger partial charge >= 0.3 is 6.18 Å². The van der Waals surface area contributed by atoms with E-state index in [1.165, 1.54) is 19.4 Å². The number of hydrogen-bond acceptors (Lipinski definition) is 3. The summed E-state index contributed by atoms with van der Waals surface area (Å²) in [6.07, 6.45) is -0.932. The van der Waals surface area contributed by atoms with Gasteiger partial charge in [0.1, 0.15) is 0 Å². The molecular weight excluding hydrogens is 431 g/mol. The Balaban J connectivity index is 1.59. The SMILES string of the molecule is COc1ccc(-c2cc(C(F)(F)F)ccc2CC(C)C(=O)Nc2ccc3[nH]ccc3c2)cn1. The Hall–Kier alpha value is -3.81. The number of carbonyl (C=O) groups is 1. The number of aromatic amines is 1. The number of rotatable bonds is 6. The maximum Gasteiger partial charge on any atom is 0.416 e. The number of alkyl halides is 3. The fourth-order valence-electron chi connectivity index (χ4n) is 3.68. The van der Waals surface area contributed by atoms with E-state index in [2.05, 4.69) is 15.3 Å². The number of hydrogen-bond donors (Lipinski definition) is 2. The zero-order valence-electron chi connectivity index (χ0n) is 18.0. The molecule has 2 N–H and O–H groups in total. The van der Waals surface area contributed by atoms with Crippen molar-refractivity contribution in [2.24, 2.45) is 5.92 Å². The molecular formula is C25H22F3N3O2. The van der Waals surface area contributed by atoms with Gasteiger partial charge in [-0.05, 0) is 60.0 Å². The summed E-state index contributed by atoms with van der Waals surface area (Å²) >= 11 is 0. The van der Waals surface area contributed by atoms with Gasteiger partial charge < -0.3 is 15.0 Å². The number of anilines is 1. The highest BCUT2D eigenvalue weighted by atomic mass is 19.4. The molecule has 2 aromatic carbocycles. The minimum absolute atomic E-state index is 0.219. The highest BCUT2D eigenvalue weighted by Gasteiger charge is 2.31. The van der Waals surface area contributed by atoms with Gasteiger partial charge in [-0.3, -0.25) is 4.79 Å². The summed E-state index contributed by atoms with van der Waals surface area (Å²) in [6, 6.07) is 14.3. The number of H-pyrrole nitrogens is 1. The minimum atomic E-state index is -4.48. The lowest BCUT2D eigenvalue weighted by molar-refractivity contribution is -0.137. The number of methoxy groups -OCH3 is 1. The van der Waals surface area contributed by atoms with Crippen LogP contribution in [0.4, 0.5) is 18.9 Å². The first-order valence-electron chi connectivity index (χ1n) is 10.3. The topological polar surface area (TPSA) is 67.0 Å². The molecule has 0 aliphatic carbocycles. The number of nitrogens with one attached hydrogen (secondary N) is 2. The number of aromatic nitrogens is 2. The molecule has 0 saturated heterocycles. The molecule has 0 saturated carbocycles. The van der Waals surface area contributed by atoms with Crippen LogP contribution in [0.3, 0.4) is 0 Å². The third kappa shape index (κ3) is 5.00. The lowest BCUT2D eigenvalue weighted by atomic mass is 9.91. The average molecular weight is 453 g/mol. The van der Waals surface area contributed by atoms with Crippen LogP contribution in [0, 0.1) is 5.92 Å². The van der Waals surface area contributed by atoms with Gasteiger partial charge in [-0.1, -0.05) is 13.0 Å². The lowest BCUT2D eigenvalue weighted by Crippen LogP contribution is -2.22. The van der Waals surface area contributed by atoms with E-state index >= 15 is 0 Å². The molecule has 0 aliphatic heterocycles. The van der Waals surface area contributed by atoms with Crippen molar-refractivity contribution in [2.75, 3.05) is 12.4 Å². The maximum absolute atomic E-state index is 13.4. The number of carbonyl (C=O) groups excluding carboxylic acids is 1.